The highest BCUT2D eigenvalue weighted by molar-refractivity contribution is 6.30. The van der Waals surface area contributed by atoms with Gasteiger partial charge >= 0.3 is 0 Å². The highest BCUT2D eigenvalue weighted by Gasteiger charge is 2.43. The first-order valence-electron chi connectivity index (χ1n) is 6.79. The van der Waals surface area contributed by atoms with Crippen LogP contribution in [-0.2, 0) is 0 Å². The minimum absolute atomic E-state index is 0.144. The van der Waals surface area contributed by atoms with E-state index in [0.717, 1.165) is 36.8 Å². The van der Waals surface area contributed by atoms with E-state index in [1.54, 1.807) is 6.07 Å². The smallest absolute Gasteiger partial charge is 0.254 e. The molecule has 4 heteroatoms. The van der Waals surface area contributed by atoms with E-state index in [1.807, 2.05) is 19.1 Å². The third-order valence-corrected chi connectivity index (χ3v) is 4.92. The molecule has 0 saturated carbocycles. The molecule has 2 unspecified atom stereocenters. The highest BCUT2D eigenvalue weighted by Crippen LogP contribution is 2.39. The number of alkyl halides is 1. The molecule has 2 aliphatic rings. The molecule has 0 radical (unpaired) electrons. The first-order valence-corrected chi connectivity index (χ1v) is 7.60. The van der Waals surface area contributed by atoms with Crippen molar-refractivity contribution >= 4 is 29.1 Å². The van der Waals surface area contributed by atoms with Crippen LogP contribution in [0.2, 0.25) is 5.02 Å². The molecule has 2 atom stereocenters. The van der Waals surface area contributed by atoms with E-state index < -0.39 is 0 Å². The van der Waals surface area contributed by atoms with Crippen LogP contribution >= 0.6 is 23.2 Å². The number of fused-ring (bicyclic) bond motifs is 2. The summed E-state index contributed by atoms with van der Waals surface area (Å²) in [7, 11) is 0. The van der Waals surface area contributed by atoms with Gasteiger partial charge in [-0.2, -0.15) is 0 Å². The van der Waals surface area contributed by atoms with Crippen molar-refractivity contribution in [1.29, 1.82) is 0 Å². The van der Waals surface area contributed by atoms with Crippen molar-refractivity contribution in [3.8, 4) is 0 Å². The minimum atomic E-state index is 0.144. The summed E-state index contributed by atoms with van der Waals surface area (Å²) in [4.78, 5) is 14.8. The van der Waals surface area contributed by atoms with Crippen molar-refractivity contribution < 1.29 is 4.79 Å². The van der Waals surface area contributed by atoms with Gasteiger partial charge in [-0.15, -0.1) is 11.6 Å². The van der Waals surface area contributed by atoms with Gasteiger partial charge in [0.25, 0.3) is 5.91 Å². The molecule has 0 aliphatic carbocycles. The molecular weight excluding hydrogens is 281 g/mol. The van der Waals surface area contributed by atoms with E-state index in [4.69, 9.17) is 23.2 Å². The number of benzene rings is 1. The van der Waals surface area contributed by atoms with Gasteiger partial charge in [0, 0.05) is 28.0 Å². The van der Waals surface area contributed by atoms with E-state index in [-0.39, 0.29) is 11.3 Å². The molecule has 0 aromatic heterocycles. The van der Waals surface area contributed by atoms with Crippen LogP contribution in [0, 0.1) is 6.92 Å². The van der Waals surface area contributed by atoms with Gasteiger partial charge in [0.15, 0.2) is 0 Å². The molecule has 2 nitrogen and oxygen atoms in total. The van der Waals surface area contributed by atoms with Crippen LogP contribution in [0.4, 0.5) is 0 Å². The molecular formula is C15H17Cl2NO. The van der Waals surface area contributed by atoms with Gasteiger partial charge in [0.2, 0.25) is 0 Å². The van der Waals surface area contributed by atoms with Crippen LogP contribution in [0.15, 0.2) is 18.2 Å². The molecule has 2 aliphatic heterocycles. The monoisotopic (exact) mass is 297 g/mol. The minimum Gasteiger partial charge on any atom is -0.333 e. The number of hydrogen-bond acceptors (Lipinski definition) is 1. The molecule has 19 heavy (non-hydrogen) atoms. The Kier molecular flexibility index (Phi) is 3.48. The fourth-order valence-corrected chi connectivity index (χ4v) is 4.09. The summed E-state index contributed by atoms with van der Waals surface area (Å²) < 4.78 is 0. The number of carbonyl (C=O) groups is 1. The lowest BCUT2D eigenvalue weighted by atomic mass is 9.99. The predicted molar refractivity (Wildman–Crippen MR) is 78.0 cm³/mol. The average Bonchev–Trinajstić information content (AvgIpc) is 2.61. The largest absolute Gasteiger partial charge is 0.333 e. The fraction of sp³-hybridized carbons (Fsp3) is 0.533. The zero-order valence-corrected chi connectivity index (χ0v) is 12.4. The van der Waals surface area contributed by atoms with E-state index in [9.17, 15) is 4.79 Å². The molecule has 0 N–H and O–H groups in total. The summed E-state index contributed by atoms with van der Waals surface area (Å²) in [5.41, 5.74) is 1.72. The molecule has 102 valence electrons. The zero-order chi connectivity index (χ0) is 13.6. The van der Waals surface area contributed by atoms with Crippen LogP contribution in [0.1, 0.15) is 41.6 Å². The maximum Gasteiger partial charge on any atom is 0.254 e. The van der Waals surface area contributed by atoms with E-state index in [1.165, 1.54) is 0 Å². The lowest BCUT2D eigenvalue weighted by Gasteiger charge is -2.37. The number of piperidine rings is 1. The molecule has 1 aromatic carbocycles. The number of rotatable bonds is 1. The molecule has 2 heterocycles. The second-order valence-electron chi connectivity index (χ2n) is 5.63. The van der Waals surface area contributed by atoms with E-state index >= 15 is 0 Å². The van der Waals surface area contributed by atoms with Gasteiger partial charge in [-0.1, -0.05) is 11.6 Å². The van der Waals surface area contributed by atoms with Gasteiger partial charge in [-0.05, 0) is 56.4 Å². The Morgan fingerprint density at radius 1 is 1.26 bits per heavy atom. The number of hydrogen-bond donors (Lipinski definition) is 0. The fourth-order valence-electron chi connectivity index (χ4n) is 3.45. The van der Waals surface area contributed by atoms with Crippen molar-refractivity contribution in [1.82, 2.24) is 4.90 Å². The van der Waals surface area contributed by atoms with Gasteiger partial charge < -0.3 is 4.90 Å². The molecule has 1 amide bonds. The third-order valence-electron chi connectivity index (χ3n) is 4.33. The van der Waals surface area contributed by atoms with E-state index in [0.29, 0.717) is 17.1 Å². The number of amides is 1. The first kappa shape index (κ1) is 13.3. The Bertz CT molecular complexity index is 503. The second-order valence-corrected chi connectivity index (χ2v) is 6.68. The summed E-state index contributed by atoms with van der Waals surface area (Å²) in [6, 6.07) is 6.13. The SMILES string of the molecule is Cc1cc(Cl)ccc1C(=O)N1C2CCC1CC(Cl)C2. The Hall–Kier alpha value is -0.730. The van der Waals surface area contributed by atoms with Gasteiger partial charge in [-0.3, -0.25) is 4.79 Å². The molecule has 2 saturated heterocycles. The van der Waals surface area contributed by atoms with Crippen molar-refractivity contribution in [3.63, 3.8) is 0 Å². The van der Waals surface area contributed by atoms with Gasteiger partial charge in [-0.25, -0.2) is 0 Å². The Labute approximate surface area is 123 Å². The van der Waals surface area contributed by atoms with Crippen molar-refractivity contribution in [2.45, 2.75) is 50.1 Å². The summed E-state index contributed by atoms with van der Waals surface area (Å²) in [6.07, 6.45) is 4.03. The quantitative estimate of drug-likeness (QED) is 0.717. The Morgan fingerprint density at radius 3 is 2.47 bits per heavy atom. The van der Waals surface area contributed by atoms with Crippen LogP contribution in [0.5, 0.6) is 0 Å². The lowest BCUT2D eigenvalue weighted by molar-refractivity contribution is 0.0599. The number of aryl methyl sites for hydroxylation is 1. The highest BCUT2D eigenvalue weighted by atomic mass is 35.5. The molecule has 3 rings (SSSR count). The Balaban J connectivity index is 1.88. The second kappa shape index (κ2) is 4.99. The molecule has 0 spiro atoms. The van der Waals surface area contributed by atoms with Gasteiger partial charge in [0.1, 0.15) is 0 Å². The summed E-state index contributed by atoms with van der Waals surface area (Å²) in [5.74, 6) is 0.144. The standard InChI is InChI=1S/C15H17Cl2NO/c1-9-6-10(16)2-5-14(9)15(19)18-12-3-4-13(18)8-11(17)7-12/h2,5-6,11-13H,3-4,7-8H2,1H3. The maximum atomic E-state index is 12.7. The third kappa shape index (κ3) is 2.36. The van der Waals surface area contributed by atoms with Crippen LogP contribution in [0.25, 0.3) is 0 Å². The summed E-state index contributed by atoms with van der Waals surface area (Å²) in [5, 5.41) is 0.907. The summed E-state index contributed by atoms with van der Waals surface area (Å²) in [6.45, 7) is 1.94. The molecule has 1 aromatic rings. The number of halogens is 2. The first-order chi connectivity index (χ1) is 9.06. The lowest BCUT2D eigenvalue weighted by Crippen LogP contribution is -2.47. The maximum absolute atomic E-state index is 12.7. The average molecular weight is 298 g/mol. The van der Waals surface area contributed by atoms with Crippen LogP contribution < -0.4 is 0 Å². The van der Waals surface area contributed by atoms with Crippen molar-refractivity contribution in [3.05, 3.63) is 34.3 Å². The van der Waals surface area contributed by atoms with E-state index in [2.05, 4.69) is 4.90 Å². The van der Waals surface area contributed by atoms with Crippen LogP contribution in [0.3, 0.4) is 0 Å². The summed E-state index contributed by atoms with van der Waals surface area (Å²) >= 11 is 12.2. The topological polar surface area (TPSA) is 20.3 Å². The zero-order valence-electron chi connectivity index (χ0n) is 10.9. The Morgan fingerprint density at radius 2 is 1.89 bits per heavy atom. The predicted octanol–water partition coefficient (Wildman–Crippen LogP) is 4.02. The van der Waals surface area contributed by atoms with Crippen LogP contribution in [-0.4, -0.2) is 28.3 Å². The van der Waals surface area contributed by atoms with Crippen molar-refractivity contribution in [2.24, 2.45) is 0 Å². The number of carbonyl (C=O) groups excluding carboxylic acids is 1. The van der Waals surface area contributed by atoms with Crippen molar-refractivity contribution in [2.75, 3.05) is 0 Å². The van der Waals surface area contributed by atoms with Gasteiger partial charge in [0.05, 0.1) is 0 Å². The molecule has 2 fully saturated rings. The number of nitrogens with zero attached hydrogens (tertiary/aromatic N) is 1. The normalized spacial score (nSPS) is 29.6. The molecule has 2 bridgehead atoms.